The second kappa shape index (κ2) is 6.56. The van der Waals surface area contributed by atoms with Crippen LogP contribution in [0.3, 0.4) is 0 Å². The molecule has 0 saturated carbocycles. The minimum Gasteiger partial charge on any atom is -0.481 e. The summed E-state index contributed by atoms with van der Waals surface area (Å²) in [5.41, 5.74) is 4.81. The summed E-state index contributed by atoms with van der Waals surface area (Å²) in [5, 5.41) is 1.96. The maximum absolute atomic E-state index is 12.9. The molecule has 0 radical (unpaired) electrons. The van der Waals surface area contributed by atoms with Crippen molar-refractivity contribution >= 4 is 5.91 Å². The Morgan fingerprint density at radius 3 is 2.60 bits per heavy atom. The van der Waals surface area contributed by atoms with Crippen LogP contribution in [0.2, 0.25) is 0 Å². The van der Waals surface area contributed by atoms with Crippen molar-refractivity contribution in [2.45, 2.75) is 19.0 Å². The first kappa shape index (κ1) is 16.2. The van der Waals surface area contributed by atoms with Crippen LogP contribution in [0.1, 0.15) is 6.92 Å². The van der Waals surface area contributed by atoms with Crippen LogP contribution < -0.4 is 15.8 Å². The largest absolute Gasteiger partial charge is 0.481 e. The summed E-state index contributed by atoms with van der Waals surface area (Å²) in [6.45, 7) is -0.531. The molecule has 1 unspecified atom stereocenters. The molecule has 4 nitrogen and oxygen atoms in total. The lowest BCUT2D eigenvalue weighted by atomic mass is 10.3. The van der Waals surface area contributed by atoms with Crippen molar-refractivity contribution in [2.24, 2.45) is 5.73 Å². The molecule has 0 heterocycles. The fourth-order valence-corrected chi connectivity index (χ4v) is 1.24. The maximum atomic E-state index is 12.9. The topological polar surface area (TPSA) is 64.3 Å². The second-order valence-corrected chi connectivity index (χ2v) is 4.11. The lowest BCUT2D eigenvalue weighted by Gasteiger charge is -2.18. The molecule has 0 aliphatic heterocycles. The molecule has 0 aromatic heterocycles. The molecule has 0 bridgehead atoms. The first-order valence-electron chi connectivity index (χ1n) is 5.72. The first-order valence-corrected chi connectivity index (χ1v) is 5.72. The van der Waals surface area contributed by atoms with Crippen molar-refractivity contribution in [3.8, 4) is 5.75 Å². The zero-order chi connectivity index (χ0) is 15.3. The fourth-order valence-electron chi connectivity index (χ4n) is 1.24. The number of carbonyl (C=O) groups excluding carboxylic acids is 1. The van der Waals surface area contributed by atoms with Crippen molar-refractivity contribution in [3.05, 3.63) is 29.8 Å². The molecule has 0 fully saturated rings. The number of rotatable bonds is 6. The van der Waals surface area contributed by atoms with E-state index in [1.807, 2.05) is 5.32 Å². The van der Waals surface area contributed by atoms with Crippen molar-refractivity contribution in [2.75, 3.05) is 13.1 Å². The predicted molar refractivity (Wildman–Crippen MR) is 63.5 cm³/mol. The number of alkyl halides is 2. The molecule has 0 aliphatic rings. The number of benzene rings is 1. The highest BCUT2D eigenvalue weighted by Crippen LogP contribution is 2.17. The predicted octanol–water partition coefficient (Wildman–Crippen LogP) is 1.44. The summed E-state index contributed by atoms with van der Waals surface area (Å²) in [4.78, 5) is 11.5. The highest BCUT2D eigenvalue weighted by atomic mass is 19.3. The molecule has 1 rings (SSSR count). The molecule has 1 aromatic carbocycles. The van der Waals surface area contributed by atoms with E-state index < -0.39 is 42.7 Å². The van der Waals surface area contributed by atoms with Crippen molar-refractivity contribution < 1.29 is 27.1 Å². The summed E-state index contributed by atoms with van der Waals surface area (Å²) in [7, 11) is 0. The van der Waals surface area contributed by atoms with E-state index in [2.05, 4.69) is 0 Å². The molecule has 8 heteroatoms. The minimum absolute atomic E-state index is 0.0860. The third-order valence-electron chi connectivity index (χ3n) is 2.39. The van der Waals surface area contributed by atoms with Gasteiger partial charge in [0.25, 0.3) is 11.8 Å². The number of hydrogen-bond donors (Lipinski definition) is 2. The van der Waals surface area contributed by atoms with Gasteiger partial charge in [-0.2, -0.15) is 0 Å². The maximum Gasteiger partial charge on any atom is 0.277 e. The van der Waals surface area contributed by atoms with Crippen LogP contribution in [-0.4, -0.2) is 31.0 Å². The van der Waals surface area contributed by atoms with Gasteiger partial charge in [-0.1, -0.05) is 0 Å². The minimum atomic E-state index is -3.21. The quantitative estimate of drug-likeness (QED) is 0.780. The van der Waals surface area contributed by atoms with E-state index >= 15 is 0 Å². The van der Waals surface area contributed by atoms with E-state index in [0.717, 1.165) is 18.2 Å². The number of nitrogens with one attached hydrogen (secondary N) is 1. The van der Waals surface area contributed by atoms with E-state index in [9.17, 15) is 22.4 Å². The van der Waals surface area contributed by atoms with Gasteiger partial charge in [-0.25, -0.2) is 17.6 Å². The third kappa shape index (κ3) is 4.69. The van der Waals surface area contributed by atoms with Crippen molar-refractivity contribution in [1.82, 2.24) is 5.32 Å². The summed E-state index contributed by atoms with van der Waals surface area (Å²) in [6.07, 6.45) is -1.14. The lowest BCUT2D eigenvalue weighted by Crippen LogP contribution is -2.45. The number of carbonyl (C=O) groups is 1. The molecule has 0 saturated heterocycles. The van der Waals surface area contributed by atoms with Crippen LogP contribution in [0.25, 0.3) is 0 Å². The summed E-state index contributed by atoms with van der Waals surface area (Å²) in [6, 6.07) is 2.71. The molecule has 1 atom stereocenters. The van der Waals surface area contributed by atoms with Crippen LogP contribution in [-0.2, 0) is 4.79 Å². The lowest BCUT2D eigenvalue weighted by molar-refractivity contribution is -0.129. The average molecular weight is 294 g/mol. The number of halogens is 4. The van der Waals surface area contributed by atoms with Gasteiger partial charge < -0.3 is 15.8 Å². The zero-order valence-electron chi connectivity index (χ0n) is 10.6. The Kier molecular flexibility index (Phi) is 5.32. The highest BCUT2D eigenvalue weighted by molar-refractivity contribution is 5.80. The third-order valence-corrected chi connectivity index (χ3v) is 2.39. The Balaban J connectivity index is 2.55. The van der Waals surface area contributed by atoms with Crippen LogP contribution in [0.15, 0.2) is 18.2 Å². The van der Waals surface area contributed by atoms with Gasteiger partial charge in [-0.15, -0.1) is 0 Å². The first-order chi connectivity index (χ1) is 9.25. The standard InChI is InChI=1S/C12H14F4N2O2/c1-7(11(19)18-6-12(15,16)5-17)20-8-2-3-9(13)10(14)4-8/h2-4,7H,5-6,17H2,1H3,(H,18,19). The molecule has 20 heavy (non-hydrogen) atoms. The van der Waals surface area contributed by atoms with Gasteiger partial charge in [0.1, 0.15) is 5.75 Å². The van der Waals surface area contributed by atoms with E-state index in [1.54, 1.807) is 0 Å². The Hall–Kier alpha value is -1.83. The van der Waals surface area contributed by atoms with E-state index in [4.69, 9.17) is 10.5 Å². The van der Waals surface area contributed by atoms with E-state index in [1.165, 1.54) is 6.92 Å². The summed E-state index contributed by atoms with van der Waals surface area (Å²) < 4.78 is 56.3. The smallest absolute Gasteiger partial charge is 0.277 e. The molecular formula is C12H14F4N2O2. The summed E-state index contributed by atoms with van der Waals surface area (Å²) >= 11 is 0. The molecule has 1 aromatic rings. The van der Waals surface area contributed by atoms with Crippen molar-refractivity contribution in [1.29, 1.82) is 0 Å². The van der Waals surface area contributed by atoms with Gasteiger partial charge in [-0.3, -0.25) is 4.79 Å². The van der Waals surface area contributed by atoms with E-state index in [-0.39, 0.29) is 5.75 Å². The molecule has 0 aliphatic carbocycles. The van der Waals surface area contributed by atoms with Gasteiger partial charge in [0.15, 0.2) is 17.7 Å². The van der Waals surface area contributed by atoms with Gasteiger partial charge in [0, 0.05) is 6.07 Å². The second-order valence-electron chi connectivity index (χ2n) is 4.11. The Morgan fingerprint density at radius 2 is 2.05 bits per heavy atom. The molecule has 112 valence electrons. The summed E-state index contributed by atoms with van der Waals surface area (Å²) in [5.74, 6) is -6.31. The zero-order valence-corrected chi connectivity index (χ0v) is 10.6. The van der Waals surface area contributed by atoms with E-state index in [0.29, 0.717) is 0 Å². The van der Waals surface area contributed by atoms with Gasteiger partial charge >= 0.3 is 0 Å². The average Bonchev–Trinajstić information content (AvgIpc) is 2.40. The van der Waals surface area contributed by atoms with Gasteiger partial charge in [0.2, 0.25) is 0 Å². The molecule has 0 spiro atoms. The Labute approximate surface area is 112 Å². The number of amides is 1. The number of ether oxygens (including phenoxy) is 1. The Bertz CT molecular complexity index is 483. The van der Waals surface area contributed by atoms with Gasteiger partial charge in [0.05, 0.1) is 13.1 Å². The molecule has 1 amide bonds. The van der Waals surface area contributed by atoms with Crippen LogP contribution >= 0.6 is 0 Å². The fraction of sp³-hybridized carbons (Fsp3) is 0.417. The normalized spacial score (nSPS) is 12.9. The van der Waals surface area contributed by atoms with Gasteiger partial charge in [-0.05, 0) is 19.1 Å². The monoisotopic (exact) mass is 294 g/mol. The SMILES string of the molecule is CC(Oc1ccc(F)c(F)c1)C(=O)NCC(F)(F)CN. The number of hydrogen-bond acceptors (Lipinski definition) is 3. The van der Waals surface area contributed by atoms with Crippen LogP contribution in [0.5, 0.6) is 5.75 Å². The van der Waals surface area contributed by atoms with Crippen LogP contribution in [0.4, 0.5) is 17.6 Å². The number of nitrogens with two attached hydrogens (primary N) is 1. The highest BCUT2D eigenvalue weighted by Gasteiger charge is 2.28. The molecular weight excluding hydrogens is 280 g/mol. The van der Waals surface area contributed by atoms with Crippen molar-refractivity contribution in [3.63, 3.8) is 0 Å². The molecule has 3 N–H and O–H groups in total. The van der Waals surface area contributed by atoms with Crippen LogP contribution in [0, 0.1) is 11.6 Å². The Morgan fingerprint density at radius 1 is 1.40 bits per heavy atom.